The Labute approximate surface area is 338 Å². The van der Waals surface area contributed by atoms with Crippen LogP contribution in [-0.4, -0.2) is 45.6 Å². The number of rotatable bonds is 5. The number of phenolic OH excluding ortho intramolecular Hbond substituents is 1. The summed E-state index contributed by atoms with van der Waals surface area (Å²) >= 11 is 17.5. The summed E-state index contributed by atoms with van der Waals surface area (Å²) in [4.78, 5) is 61.9. The highest BCUT2D eigenvalue weighted by molar-refractivity contribution is 9.10. The lowest BCUT2D eigenvalue weighted by Crippen LogP contribution is -2.49. The number of fused-ring (bicyclic) bond motifs is 5. The van der Waals surface area contributed by atoms with Gasteiger partial charge in [0.05, 0.1) is 45.3 Å². The Balaban J connectivity index is 1.17. The minimum absolute atomic E-state index is 0.107. The predicted molar refractivity (Wildman–Crippen MR) is 215 cm³/mol. The highest BCUT2D eigenvalue weighted by Crippen LogP contribution is 2.64. The Kier molecular flexibility index (Phi) is 8.40. The normalized spacial score (nSPS) is 26.1. The number of methoxy groups -OCH3 is 1. The summed E-state index contributed by atoms with van der Waals surface area (Å²) in [5.74, 6) is -4.51. The lowest BCUT2D eigenvalue weighted by Gasteiger charge is -2.49. The Morgan fingerprint density at radius 2 is 1.67 bits per heavy atom. The molecule has 2 saturated heterocycles. The molecule has 4 amide bonds. The first kappa shape index (κ1) is 36.2. The van der Waals surface area contributed by atoms with E-state index >= 15 is 4.79 Å². The molecule has 280 valence electrons. The minimum Gasteiger partial charge on any atom is -0.503 e. The number of aromatic hydroxyl groups is 1. The second-order valence-electron chi connectivity index (χ2n) is 14.9. The van der Waals surface area contributed by atoms with Crippen molar-refractivity contribution in [1.82, 2.24) is 9.78 Å². The van der Waals surface area contributed by atoms with Gasteiger partial charge >= 0.3 is 0 Å². The summed E-state index contributed by atoms with van der Waals surface area (Å²) in [6.07, 6.45) is 2.46. The molecule has 5 aromatic rings. The Morgan fingerprint density at radius 1 is 0.945 bits per heavy atom. The molecule has 55 heavy (non-hydrogen) atoms. The van der Waals surface area contributed by atoms with Gasteiger partial charge in [0.2, 0.25) is 23.6 Å². The van der Waals surface area contributed by atoms with E-state index in [2.05, 4.69) is 15.9 Å². The second-order valence-corrected chi connectivity index (χ2v) is 17.7. The lowest BCUT2D eigenvalue weighted by atomic mass is 9.51. The SMILES string of the molecule is COc1cc([C@H]2C3=CC[C@@H]4C(=O)N(c5ccc(Cl)cc5)C(=O)[C@@H]4[C@@H]3C[C@H]3C(=O)N(c4cc(-c5sc6ccc(Cl)cc6c5C)nn4C)C(=O)[C@@]23C)cc(Br)c1O. The summed E-state index contributed by atoms with van der Waals surface area (Å²) in [7, 11) is 3.15. The van der Waals surface area contributed by atoms with Crippen molar-refractivity contribution in [3.8, 4) is 22.1 Å². The van der Waals surface area contributed by atoms with Gasteiger partial charge in [-0.2, -0.15) is 5.10 Å². The van der Waals surface area contributed by atoms with Gasteiger partial charge in [-0.1, -0.05) is 34.9 Å². The van der Waals surface area contributed by atoms with Crippen molar-refractivity contribution in [3.63, 3.8) is 0 Å². The molecule has 1 saturated carbocycles. The molecule has 0 radical (unpaired) electrons. The van der Waals surface area contributed by atoms with Gasteiger partial charge in [0.1, 0.15) is 11.5 Å². The van der Waals surface area contributed by atoms with Crippen LogP contribution in [-0.2, 0) is 26.2 Å². The summed E-state index contributed by atoms with van der Waals surface area (Å²) in [5.41, 5.74) is 2.17. The third kappa shape index (κ3) is 5.14. The molecule has 0 spiro atoms. The number of thiophene rings is 1. The maximum absolute atomic E-state index is 15.2. The lowest BCUT2D eigenvalue weighted by molar-refractivity contribution is -0.131. The van der Waals surface area contributed by atoms with Gasteiger partial charge in [-0.15, -0.1) is 11.3 Å². The van der Waals surface area contributed by atoms with Gasteiger partial charge in [-0.3, -0.25) is 28.8 Å². The summed E-state index contributed by atoms with van der Waals surface area (Å²) in [6.45, 7) is 3.82. The van der Waals surface area contributed by atoms with E-state index in [1.807, 2.05) is 38.1 Å². The summed E-state index contributed by atoms with van der Waals surface area (Å²) < 4.78 is 8.50. The maximum atomic E-state index is 15.2. The van der Waals surface area contributed by atoms with Crippen molar-refractivity contribution in [3.05, 3.63) is 98.0 Å². The molecule has 0 unspecified atom stereocenters. The molecule has 2 aliphatic heterocycles. The van der Waals surface area contributed by atoms with E-state index in [1.54, 1.807) is 65.5 Å². The molecule has 9 rings (SSSR count). The summed E-state index contributed by atoms with van der Waals surface area (Å²) in [5, 5.41) is 17.7. The number of ether oxygens (including phenoxy) is 1. The van der Waals surface area contributed by atoms with Gasteiger partial charge in [0.25, 0.3) is 0 Å². The van der Waals surface area contributed by atoms with Crippen LogP contribution in [0.5, 0.6) is 11.5 Å². The molecule has 14 heteroatoms. The van der Waals surface area contributed by atoms with E-state index in [9.17, 15) is 19.5 Å². The standard InChI is InChI=1S/C41H33BrCl2N4O6S/c1-18-25-15-21(44)7-12-31(25)55-36(18)29-17-32(46(3)45-29)48-38(51)27-16-26-23(34(41(27,2)40(48)53)19-13-28(42)35(49)30(14-19)54-4)10-11-24-33(26)39(52)47(37(24)50)22-8-5-20(43)6-9-22/h5-10,12-15,17,24,26-27,33-34,49H,11,16H2,1-4H3/t24-,26+,27-,33-,34-,41+/m0/s1. The van der Waals surface area contributed by atoms with E-state index in [-0.39, 0.29) is 36.2 Å². The van der Waals surface area contributed by atoms with E-state index < -0.39 is 46.8 Å². The molecule has 4 aliphatic rings. The number of imide groups is 2. The van der Waals surface area contributed by atoms with E-state index in [4.69, 9.17) is 33.0 Å². The fourth-order valence-corrected chi connectivity index (χ4v) is 11.5. The zero-order valence-electron chi connectivity index (χ0n) is 30.0. The van der Waals surface area contributed by atoms with Crippen molar-refractivity contribution >= 4 is 95.7 Å². The summed E-state index contributed by atoms with van der Waals surface area (Å²) in [6, 6.07) is 17.5. The van der Waals surface area contributed by atoms with Crippen LogP contribution in [0.25, 0.3) is 20.7 Å². The molecule has 6 atom stereocenters. The molecule has 2 aromatic heterocycles. The average molecular weight is 861 g/mol. The smallest absolute Gasteiger partial charge is 0.242 e. The second kappa shape index (κ2) is 12.8. The number of aryl methyl sites for hydroxylation is 2. The van der Waals surface area contributed by atoms with Gasteiger partial charge in [-0.05, 0) is 120 Å². The van der Waals surface area contributed by atoms with Crippen LogP contribution in [0.2, 0.25) is 10.0 Å². The van der Waals surface area contributed by atoms with E-state index in [0.29, 0.717) is 37.3 Å². The number of hydrogen-bond donors (Lipinski definition) is 1. The van der Waals surface area contributed by atoms with Crippen LogP contribution in [0.3, 0.4) is 0 Å². The molecule has 2 aliphatic carbocycles. The third-order valence-corrected chi connectivity index (χ3v) is 14.6. The number of halogens is 3. The Bertz CT molecular complexity index is 2570. The quantitative estimate of drug-likeness (QED) is 0.139. The van der Waals surface area contributed by atoms with Gasteiger partial charge < -0.3 is 9.84 Å². The van der Waals surface area contributed by atoms with Crippen molar-refractivity contribution in [2.45, 2.75) is 32.6 Å². The molecule has 4 heterocycles. The third-order valence-electron chi connectivity index (χ3n) is 12.2. The number of hydrogen-bond acceptors (Lipinski definition) is 8. The molecule has 3 aromatic carbocycles. The van der Waals surface area contributed by atoms with Gasteiger partial charge in [-0.25, -0.2) is 4.90 Å². The highest BCUT2D eigenvalue weighted by atomic mass is 79.9. The number of aromatic nitrogens is 2. The first-order chi connectivity index (χ1) is 26.2. The largest absolute Gasteiger partial charge is 0.503 e. The maximum Gasteiger partial charge on any atom is 0.242 e. The number of amides is 4. The van der Waals surface area contributed by atoms with Crippen molar-refractivity contribution < 1.29 is 29.0 Å². The zero-order valence-corrected chi connectivity index (χ0v) is 33.9. The van der Waals surface area contributed by atoms with Crippen LogP contribution in [0.1, 0.15) is 36.8 Å². The number of anilines is 2. The fourth-order valence-electron chi connectivity index (χ4n) is 9.59. The number of phenols is 1. The highest BCUT2D eigenvalue weighted by Gasteiger charge is 2.68. The van der Waals surface area contributed by atoms with Crippen molar-refractivity contribution in [2.75, 3.05) is 16.9 Å². The van der Waals surface area contributed by atoms with Crippen molar-refractivity contribution in [2.24, 2.45) is 36.1 Å². The number of carbonyl (C=O) groups excluding carboxylic acids is 4. The topological polar surface area (TPSA) is 122 Å². The zero-order chi connectivity index (χ0) is 38.8. The Hall–Kier alpha value is -4.49. The monoisotopic (exact) mass is 858 g/mol. The molecule has 0 bridgehead atoms. The van der Waals surface area contributed by atoms with Crippen molar-refractivity contribution in [1.29, 1.82) is 0 Å². The average Bonchev–Trinajstić information content (AvgIpc) is 3.83. The fraction of sp³-hybridized carbons (Fsp3) is 0.293. The van der Waals surface area contributed by atoms with E-state index in [0.717, 1.165) is 26.1 Å². The number of nitrogens with zero attached hydrogens (tertiary/aromatic N) is 4. The first-order valence-electron chi connectivity index (χ1n) is 17.8. The molecular weight excluding hydrogens is 827 g/mol. The van der Waals surface area contributed by atoms with Crippen LogP contribution in [0, 0.1) is 36.0 Å². The number of carbonyl (C=O) groups is 4. The number of benzene rings is 3. The van der Waals surface area contributed by atoms with Crippen LogP contribution < -0.4 is 14.5 Å². The van der Waals surface area contributed by atoms with Gasteiger partial charge in [0, 0.05) is 33.8 Å². The Morgan fingerprint density at radius 3 is 2.40 bits per heavy atom. The molecule has 3 fully saturated rings. The molecular formula is C41H33BrCl2N4O6S. The van der Waals surface area contributed by atoms with E-state index in [1.165, 1.54) is 16.9 Å². The molecule has 10 nitrogen and oxygen atoms in total. The number of allylic oxidation sites excluding steroid dienone is 2. The predicted octanol–water partition coefficient (Wildman–Crippen LogP) is 8.83. The van der Waals surface area contributed by atoms with Crippen LogP contribution in [0.15, 0.2) is 76.8 Å². The van der Waals surface area contributed by atoms with Gasteiger partial charge in [0.15, 0.2) is 11.5 Å². The van der Waals surface area contributed by atoms with Crippen LogP contribution >= 0.6 is 50.5 Å². The van der Waals surface area contributed by atoms with Crippen LogP contribution in [0.4, 0.5) is 11.5 Å². The minimum atomic E-state index is -1.32. The molecule has 1 N–H and O–H groups in total. The first-order valence-corrected chi connectivity index (χ1v) is 20.1.